The van der Waals surface area contributed by atoms with Crippen LogP contribution in [0.2, 0.25) is 0 Å². The number of rotatable bonds is 0. The Morgan fingerprint density at radius 2 is 1.23 bits per heavy atom. The average Bonchev–Trinajstić information content (AvgIpc) is 2.18. The van der Waals surface area contributed by atoms with Crippen LogP contribution in [0, 0.1) is 11.8 Å². The van der Waals surface area contributed by atoms with Crippen LogP contribution in [0.3, 0.4) is 0 Å². The molecule has 0 aromatic rings. The molecule has 1 aliphatic rings. The van der Waals surface area contributed by atoms with Crippen molar-refractivity contribution in [2.24, 2.45) is 0 Å². The zero-order valence-electron chi connectivity index (χ0n) is 8.52. The molecule has 0 heterocycles. The van der Waals surface area contributed by atoms with E-state index in [1.165, 1.54) is 44.9 Å². The normalized spacial score (nSPS) is 22.8. The highest BCUT2D eigenvalue weighted by Crippen LogP contribution is 2.07. The van der Waals surface area contributed by atoms with Gasteiger partial charge in [0.2, 0.25) is 0 Å². The molecule has 0 atom stereocenters. The summed E-state index contributed by atoms with van der Waals surface area (Å²) < 4.78 is 0. The van der Waals surface area contributed by atoms with E-state index < -0.39 is 0 Å². The first-order valence-corrected chi connectivity index (χ1v) is 5.61. The minimum Gasteiger partial charge on any atom is -0.103 e. The van der Waals surface area contributed by atoms with E-state index in [1.54, 1.807) is 0 Å². The summed E-state index contributed by atoms with van der Waals surface area (Å²) in [5.41, 5.74) is 0. The van der Waals surface area contributed by atoms with Crippen LogP contribution in [0.15, 0.2) is 12.2 Å². The topological polar surface area (TPSA) is 0 Å². The summed E-state index contributed by atoms with van der Waals surface area (Å²) in [5.74, 6) is 6.49. The highest BCUT2D eigenvalue weighted by atomic mass is 13.9. The third-order valence-corrected chi connectivity index (χ3v) is 2.39. The number of hydrogen-bond donors (Lipinski definition) is 0. The lowest BCUT2D eigenvalue weighted by atomic mass is 10.1. The van der Waals surface area contributed by atoms with E-state index in [9.17, 15) is 0 Å². The quantitative estimate of drug-likeness (QED) is 0.385. The standard InChI is InChI=1S/C13H20/c1-2-4-6-8-10-12-13-11-9-7-5-3-1/h1-2H,3-9,11,13H2/b2-1+. The van der Waals surface area contributed by atoms with Gasteiger partial charge in [0.1, 0.15) is 0 Å². The van der Waals surface area contributed by atoms with Gasteiger partial charge in [0.15, 0.2) is 0 Å². The molecule has 0 N–H and O–H groups in total. The van der Waals surface area contributed by atoms with Gasteiger partial charge in [-0.1, -0.05) is 25.0 Å². The molecular formula is C13H20. The van der Waals surface area contributed by atoms with Crippen LogP contribution >= 0.6 is 0 Å². The minimum absolute atomic E-state index is 1.09. The van der Waals surface area contributed by atoms with Crippen molar-refractivity contribution in [3.8, 4) is 11.8 Å². The van der Waals surface area contributed by atoms with Crippen LogP contribution in [0.5, 0.6) is 0 Å². The van der Waals surface area contributed by atoms with Gasteiger partial charge in [0.25, 0.3) is 0 Å². The zero-order chi connectivity index (χ0) is 9.19. The molecule has 1 rings (SSSR count). The second-order valence-electron chi connectivity index (χ2n) is 3.67. The van der Waals surface area contributed by atoms with Crippen LogP contribution in [-0.4, -0.2) is 0 Å². The van der Waals surface area contributed by atoms with Gasteiger partial charge in [-0.05, 0) is 32.1 Å². The van der Waals surface area contributed by atoms with Crippen molar-refractivity contribution in [3.05, 3.63) is 12.2 Å². The van der Waals surface area contributed by atoms with Crippen molar-refractivity contribution in [1.82, 2.24) is 0 Å². The van der Waals surface area contributed by atoms with Crippen LogP contribution in [-0.2, 0) is 0 Å². The predicted octanol–water partition coefficient (Wildman–Crippen LogP) is 4.07. The zero-order valence-corrected chi connectivity index (χ0v) is 8.52. The highest BCUT2D eigenvalue weighted by Gasteiger charge is 1.88. The van der Waals surface area contributed by atoms with Crippen molar-refractivity contribution in [2.75, 3.05) is 0 Å². The van der Waals surface area contributed by atoms with Crippen molar-refractivity contribution >= 4 is 0 Å². The van der Waals surface area contributed by atoms with E-state index in [-0.39, 0.29) is 0 Å². The van der Waals surface area contributed by atoms with E-state index in [0.717, 1.165) is 12.8 Å². The van der Waals surface area contributed by atoms with Gasteiger partial charge in [-0.25, -0.2) is 0 Å². The van der Waals surface area contributed by atoms with Crippen molar-refractivity contribution in [3.63, 3.8) is 0 Å². The molecule has 0 heteroatoms. The van der Waals surface area contributed by atoms with Crippen LogP contribution in [0.1, 0.15) is 57.8 Å². The Kier molecular flexibility index (Phi) is 6.33. The molecule has 0 amide bonds. The third-order valence-electron chi connectivity index (χ3n) is 2.39. The van der Waals surface area contributed by atoms with Gasteiger partial charge in [-0.15, -0.1) is 11.8 Å². The first-order valence-electron chi connectivity index (χ1n) is 5.61. The molecule has 0 aliphatic heterocycles. The summed E-state index contributed by atoms with van der Waals surface area (Å²) in [6, 6.07) is 0. The van der Waals surface area contributed by atoms with Gasteiger partial charge < -0.3 is 0 Å². The lowest BCUT2D eigenvalue weighted by Gasteiger charge is -1.95. The lowest BCUT2D eigenvalue weighted by Crippen LogP contribution is -1.76. The fraction of sp³-hybridized carbons (Fsp3) is 0.692. The Hall–Kier alpha value is -0.700. The largest absolute Gasteiger partial charge is 0.103 e. The smallest absolute Gasteiger partial charge is 0.00916 e. The molecule has 0 bridgehead atoms. The molecule has 0 nitrogen and oxygen atoms in total. The Labute approximate surface area is 82.4 Å². The maximum atomic E-state index is 3.25. The van der Waals surface area contributed by atoms with Gasteiger partial charge >= 0.3 is 0 Å². The average molecular weight is 176 g/mol. The summed E-state index contributed by atoms with van der Waals surface area (Å²) in [7, 11) is 0. The molecule has 0 unspecified atom stereocenters. The van der Waals surface area contributed by atoms with E-state index in [1.807, 2.05) is 0 Å². The maximum Gasteiger partial charge on any atom is 0.00916 e. The van der Waals surface area contributed by atoms with Gasteiger partial charge in [0.05, 0.1) is 0 Å². The Morgan fingerprint density at radius 3 is 2.08 bits per heavy atom. The van der Waals surface area contributed by atoms with E-state index >= 15 is 0 Å². The lowest BCUT2D eigenvalue weighted by molar-refractivity contribution is 0.656. The SMILES string of the molecule is C1#CCCCCCC/C=C/CCC1. The maximum absolute atomic E-state index is 3.25. The molecule has 0 spiro atoms. The molecule has 0 aromatic carbocycles. The van der Waals surface area contributed by atoms with Crippen LogP contribution < -0.4 is 0 Å². The van der Waals surface area contributed by atoms with Gasteiger partial charge in [-0.2, -0.15) is 0 Å². The fourth-order valence-electron chi connectivity index (χ4n) is 1.55. The first-order chi connectivity index (χ1) is 6.50. The summed E-state index contributed by atoms with van der Waals surface area (Å²) in [5, 5.41) is 0. The molecule has 13 heavy (non-hydrogen) atoms. The van der Waals surface area contributed by atoms with Crippen molar-refractivity contribution in [2.45, 2.75) is 57.8 Å². The molecule has 0 radical (unpaired) electrons. The van der Waals surface area contributed by atoms with E-state index in [0.29, 0.717) is 0 Å². The monoisotopic (exact) mass is 176 g/mol. The minimum atomic E-state index is 1.09. The Bertz CT molecular complexity index is 190. The summed E-state index contributed by atoms with van der Waals surface area (Å²) in [6.07, 6.45) is 16.0. The van der Waals surface area contributed by atoms with E-state index in [2.05, 4.69) is 24.0 Å². The summed E-state index contributed by atoms with van der Waals surface area (Å²) >= 11 is 0. The van der Waals surface area contributed by atoms with Crippen molar-refractivity contribution in [1.29, 1.82) is 0 Å². The molecular weight excluding hydrogens is 156 g/mol. The first kappa shape index (κ1) is 10.4. The molecule has 0 fully saturated rings. The van der Waals surface area contributed by atoms with Gasteiger partial charge in [0, 0.05) is 12.8 Å². The second kappa shape index (κ2) is 7.92. The molecule has 0 saturated carbocycles. The molecule has 0 aromatic heterocycles. The molecule has 1 aliphatic carbocycles. The Morgan fingerprint density at radius 1 is 0.615 bits per heavy atom. The number of allylic oxidation sites excluding steroid dienone is 2. The number of hydrogen-bond acceptors (Lipinski definition) is 0. The van der Waals surface area contributed by atoms with E-state index in [4.69, 9.17) is 0 Å². The second-order valence-corrected chi connectivity index (χ2v) is 3.67. The van der Waals surface area contributed by atoms with Crippen molar-refractivity contribution < 1.29 is 0 Å². The third kappa shape index (κ3) is 6.46. The fourth-order valence-corrected chi connectivity index (χ4v) is 1.55. The summed E-state index contributed by atoms with van der Waals surface area (Å²) in [6.45, 7) is 0. The Balaban J connectivity index is 2.21. The predicted molar refractivity (Wildman–Crippen MR) is 58.5 cm³/mol. The molecule has 72 valence electrons. The van der Waals surface area contributed by atoms with Gasteiger partial charge in [-0.3, -0.25) is 0 Å². The molecule has 0 saturated heterocycles. The van der Waals surface area contributed by atoms with Crippen LogP contribution in [0.4, 0.5) is 0 Å². The van der Waals surface area contributed by atoms with Crippen LogP contribution in [0.25, 0.3) is 0 Å². The summed E-state index contributed by atoms with van der Waals surface area (Å²) in [4.78, 5) is 0. The highest BCUT2D eigenvalue weighted by molar-refractivity contribution is 4.99.